The van der Waals surface area contributed by atoms with E-state index in [1.165, 1.54) is 18.9 Å². The van der Waals surface area contributed by atoms with Crippen LogP contribution in [0.4, 0.5) is 4.39 Å². The number of carbonyl (C=O) groups is 1. The predicted molar refractivity (Wildman–Crippen MR) is 81.5 cm³/mol. The first-order valence-electron chi connectivity index (χ1n) is 7.64. The lowest BCUT2D eigenvalue weighted by atomic mass is 10.1. The Morgan fingerprint density at radius 1 is 1.52 bits per heavy atom. The van der Waals surface area contributed by atoms with Crippen LogP contribution in [0.15, 0.2) is 18.2 Å². The van der Waals surface area contributed by atoms with Crippen molar-refractivity contribution in [3.05, 3.63) is 35.1 Å². The zero-order valence-electron chi connectivity index (χ0n) is 12.6. The number of nitrogens with one attached hydrogen (secondary N) is 1. The minimum absolute atomic E-state index is 0.218. The Balaban J connectivity index is 2.03. The molecule has 0 bridgehead atoms. The smallest absolute Gasteiger partial charge is 0.248 e. The number of benzene rings is 1. The summed E-state index contributed by atoms with van der Waals surface area (Å²) in [6, 6.07) is 5.00. The van der Waals surface area contributed by atoms with Crippen LogP contribution in [-0.2, 0) is 6.54 Å². The van der Waals surface area contributed by atoms with Gasteiger partial charge in [-0.05, 0) is 44.5 Å². The average Bonchev–Trinajstić information content (AvgIpc) is 2.94. The van der Waals surface area contributed by atoms with E-state index in [2.05, 4.69) is 17.1 Å². The maximum absolute atomic E-state index is 14.1. The Morgan fingerprint density at radius 2 is 2.33 bits per heavy atom. The Morgan fingerprint density at radius 3 is 2.90 bits per heavy atom. The van der Waals surface area contributed by atoms with Gasteiger partial charge in [0.15, 0.2) is 0 Å². The highest BCUT2D eigenvalue weighted by Gasteiger charge is 2.18. The molecule has 0 radical (unpaired) electrons. The summed E-state index contributed by atoms with van der Waals surface area (Å²) in [5.74, 6) is -0.951. The molecule has 0 aliphatic carbocycles. The maximum atomic E-state index is 14.1. The van der Waals surface area contributed by atoms with Crippen molar-refractivity contribution in [3.63, 3.8) is 0 Å². The molecule has 4 nitrogen and oxygen atoms in total. The standard InChI is InChI=1S/C16H24FN3O/c1-2-8-20(11-14-4-3-7-19-14)10-13-6-5-12(16(18)21)9-15(13)17/h5-6,9,14,19H,2-4,7-8,10-11H2,1H3,(H2,18,21). The van der Waals surface area contributed by atoms with Crippen LogP contribution in [0, 0.1) is 5.82 Å². The van der Waals surface area contributed by atoms with Crippen molar-refractivity contribution < 1.29 is 9.18 Å². The summed E-state index contributed by atoms with van der Waals surface area (Å²) in [7, 11) is 0. The lowest BCUT2D eigenvalue weighted by molar-refractivity contribution is 0.1000. The number of nitrogens with zero attached hydrogens (tertiary/aromatic N) is 1. The van der Waals surface area contributed by atoms with Gasteiger partial charge in [-0.25, -0.2) is 4.39 Å². The molecule has 1 amide bonds. The molecule has 1 aliphatic rings. The molecule has 0 spiro atoms. The summed E-state index contributed by atoms with van der Waals surface area (Å²) in [4.78, 5) is 13.3. The third-order valence-corrected chi connectivity index (χ3v) is 3.91. The molecule has 0 saturated carbocycles. The molecule has 0 aromatic heterocycles. The van der Waals surface area contributed by atoms with E-state index >= 15 is 0 Å². The van der Waals surface area contributed by atoms with Gasteiger partial charge in [0.1, 0.15) is 5.82 Å². The summed E-state index contributed by atoms with van der Waals surface area (Å²) in [5, 5.41) is 3.47. The van der Waals surface area contributed by atoms with Crippen LogP contribution in [0.2, 0.25) is 0 Å². The highest BCUT2D eigenvalue weighted by Crippen LogP contribution is 2.15. The van der Waals surface area contributed by atoms with Crippen molar-refractivity contribution in [3.8, 4) is 0 Å². The van der Waals surface area contributed by atoms with Crippen LogP contribution in [0.3, 0.4) is 0 Å². The van der Waals surface area contributed by atoms with Gasteiger partial charge in [-0.2, -0.15) is 0 Å². The molecular formula is C16H24FN3O. The number of amides is 1. The summed E-state index contributed by atoms with van der Waals surface area (Å²) in [6.07, 6.45) is 3.43. The van der Waals surface area contributed by atoms with Gasteiger partial charge in [-0.3, -0.25) is 9.69 Å². The number of carbonyl (C=O) groups excluding carboxylic acids is 1. The van der Waals surface area contributed by atoms with Gasteiger partial charge in [0.25, 0.3) is 0 Å². The van der Waals surface area contributed by atoms with Crippen molar-refractivity contribution in [1.82, 2.24) is 10.2 Å². The van der Waals surface area contributed by atoms with E-state index in [0.717, 1.165) is 26.1 Å². The highest BCUT2D eigenvalue weighted by atomic mass is 19.1. The molecule has 5 heteroatoms. The van der Waals surface area contributed by atoms with E-state index in [1.807, 2.05) is 0 Å². The van der Waals surface area contributed by atoms with Gasteiger partial charge in [-0.15, -0.1) is 0 Å². The minimum atomic E-state index is -0.596. The lowest BCUT2D eigenvalue weighted by Gasteiger charge is -2.25. The topological polar surface area (TPSA) is 58.4 Å². The zero-order chi connectivity index (χ0) is 15.2. The maximum Gasteiger partial charge on any atom is 0.248 e. The molecule has 2 rings (SSSR count). The second-order valence-corrected chi connectivity index (χ2v) is 5.70. The first kappa shape index (κ1) is 15.9. The second kappa shape index (κ2) is 7.52. The van der Waals surface area contributed by atoms with Crippen LogP contribution in [-0.4, -0.2) is 36.5 Å². The highest BCUT2D eigenvalue weighted by molar-refractivity contribution is 5.92. The number of primary amides is 1. The molecule has 1 unspecified atom stereocenters. The van der Waals surface area contributed by atoms with Crippen LogP contribution >= 0.6 is 0 Å². The fourth-order valence-corrected chi connectivity index (χ4v) is 2.85. The third kappa shape index (κ3) is 4.51. The van der Waals surface area contributed by atoms with Crippen LogP contribution in [0.5, 0.6) is 0 Å². The molecule has 3 N–H and O–H groups in total. The summed E-state index contributed by atoms with van der Waals surface area (Å²) in [5.41, 5.74) is 6.00. The number of nitrogens with two attached hydrogens (primary N) is 1. The molecule has 1 aromatic carbocycles. The van der Waals surface area contributed by atoms with Crippen molar-refractivity contribution >= 4 is 5.91 Å². The quantitative estimate of drug-likeness (QED) is 0.807. The van der Waals surface area contributed by atoms with E-state index in [4.69, 9.17) is 5.73 Å². The van der Waals surface area contributed by atoms with Gasteiger partial charge in [0.05, 0.1) is 0 Å². The molecule has 1 fully saturated rings. The number of rotatable bonds is 7. The van der Waals surface area contributed by atoms with Crippen molar-refractivity contribution in [1.29, 1.82) is 0 Å². The first-order chi connectivity index (χ1) is 10.1. The molecule has 1 aromatic rings. The average molecular weight is 293 g/mol. The fraction of sp³-hybridized carbons (Fsp3) is 0.562. The SMILES string of the molecule is CCCN(Cc1ccc(C(N)=O)cc1F)CC1CCCN1. The van der Waals surface area contributed by atoms with Crippen molar-refractivity contribution in [2.45, 2.75) is 38.8 Å². The Hall–Kier alpha value is -1.46. The van der Waals surface area contributed by atoms with E-state index in [9.17, 15) is 9.18 Å². The lowest BCUT2D eigenvalue weighted by Crippen LogP contribution is -2.37. The van der Waals surface area contributed by atoms with Crippen LogP contribution in [0.25, 0.3) is 0 Å². The molecule has 1 saturated heterocycles. The first-order valence-corrected chi connectivity index (χ1v) is 7.64. The normalized spacial score (nSPS) is 18.3. The molecular weight excluding hydrogens is 269 g/mol. The molecule has 21 heavy (non-hydrogen) atoms. The Bertz CT molecular complexity index is 486. The predicted octanol–water partition coefficient (Wildman–Crippen LogP) is 1.89. The summed E-state index contributed by atoms with van der Waals surface area (Å²) >= 11 is 0. The molecule has 1 aliphatic heterocycles. The minimum Gasteiger partial charge on any atom is -0.366 e. The van der Waals surface area contributed by atoms with Gasteiger partial charge < -0.3 is 11.1 Å². The molecule has 1 atom stereocenters. The monoisotopic (exact) mass is 293 g/mol. The largest absolute Gasteiger partial charge is 0.366 e. The van der Waals surface area contributed by atoms with Gasteiger partial charge in [0, 0.05) is 30.3 Å². The number of hydrogen-bond donors (Lipinski definition) is 2. The van der Waals surface area contributed by atoms with Gasteiger partial charge in [0.2, 0.25) is 5.91 Å². The summed E-state index contributed by atoms with van der Waals surface area (Å²) < 4.78 is 14.1. The second-order valence-electron chi connectivity index (χ2n) is 5.70. The molecule has 1 heterocycles. The van der Waals surface area contributed by atoms with Crippen molar-refractivity contribution in [2.75, 3.05) is 19.6 Å². The Kier molecular flexibility index (Phi) is 5.70. The van der Waals surface area contributed by atoms with Gasteiger partial charge >= 0.3 is 0 Å². The number of hydrogen-bond acceptors (Lipinski definition) is 3. The van der Waals surface area contributed by atoms with Gasteiger partial charge in [-0.1, -0.05) is 13.0 Å². The fourth-order valence-electron chi connectivity index (χ4n) is 2.85. The van der Waals surface area contributed by atoms with E-state index < -0.39 is 5.91 Å². The van der Waals surface area contributed by atoms with E-state index in [1.54, 1.807) is 12.1 Å². The van der Waals surface area contributed by atoms with Crippen LogP contribution in [0.1, 0.15) is 42.1 Å². The zero-order valence-corrected chi connectivity index (χ0v) is 12.6. The molecule has 116 valence electrons. The third-order valence-electron chi connectivity index (χ3n) is 3.91. The van der Waals surface area contributed by atoms with E-state index in [0.29, 0.717) is 18.2 Å². The Labute approximate surface area is 125 Å². The number of halogens is 1. The van der Waals surface area contributed by atoms with Crippen molar-refractivity contribution in [2.24, 2.45) is 5.73 Å². The summed E-state index contributed by atoms with van der Waals surface area (Å²) in [6.45, 7) is 5.64. The van der Waals surface area contributed by atoms with E-state index in [-0.39, 0.29) is 11.4 Å². The van der Waals surface area contributed by atoms with Crippen LogP contribution < -0.4 is 11.1 Å².